The lowest BCUT2D eigenvalue weighted by Gasteiger charge is -2.37. The van der Waals surface area contributed by atoms with Crippen LogP contribution >= 0.6 is 0 Å². The predicted octanol–water partition coefficient (Wildman–Crippen LogP) is 1.88. The molecule has 1 N–H and O–H groups in total. The van der Waals surface area contributed by atoms with E-state index >= 15 is 0 Å². The summed E-state index contributed by atoms with van der Waals surface area (Å²) in [7, 11) is 1.83. The summed E-state index contributed by atoms with van der Waals surface area (Å²) in [4.78, 5) is 2.73. The lowest BCUT2D eigenvalue weighted by molar-refractivity contribution is 0.0646. The van der Waals surface area contributed by atoms with E-state index in [0.717, 1.165) is 31.7 Å². The van der Waals surface area contributed by atoms with Crippen LogP contribution in [0.5, 0.6) is 0 Å². The molecule has 17 heavy (non-hydrogen) atoms. The van der Waals surface area contributed by atoms with Crippen LogP contribution in [-0.2, 0) is 4.74 Å². The maximum atomic E-state index is 5.41. The normalized spacial score (nSPS) is 31.4. The summed E-state index contributed by atoms with van der Waals surface area (Å²) in [6, 6.07) is 1.43. The summed E-state index contributed by atoms with van der Waals surface area (Å²) in [5.74, 6) is 0.977. The minimum atomic E-state index is 0.577. The molecule has 0 radical (unpaired) electrons. The highest BCUT2D eigenvalue weighted by molar-refractivity contribution is 4.93. The molecule has 1 aliphatic heterocycles. The van der Waals surface area contributed by atoms with Gasteiger partial charge in [-0.2, -0.15) is 0 Å². The molecular formula is C14H28N2O. The third kappa shape index (κ3) is 3.21. The van der Waals surface area contributed by atoms with Crippen LogP contribution in [0.4, 0.5) is 0 Å². The number of rotatable bonds is 6. The summed E-state index contributed by atoms with van der Waals surface area (Å²) >= 11 is 0. The van der Waals surface area contributed by atoms with Gasteiger partial charge in [0.15, 0.2) is 0 Å². The van der Waals surface area contributed by atoms with Gasteiger partial charge in [0.1, 0.15) is 0 Å². The second-order valence-electron chi connectivity index (χ2n) is 5.56. The number of likely N-dealkylation sites (N-methyl/N-ethyl adjacent to an activating group) is 1. The van der Waals surface area contributed by atoms with Gasteiger partial charge in [-0.1, -0.05) is 19.8 Å². The van der Waals surface area contributed by atoms with Gasteiger partial charge in [-0.25, -0.2) is 0 Å². The summed E-state index contributed by atoms with van der Waals surface area (Å²) in [6.45, 7) is 6.47. The number of nitrogens with zero attached hydrogens (tertiary/aromatic N) is 1. The topological polar surface area (TPSA) is 24.5 Å². The molecule has 0 spiro atoms. The number of likely N-dealkylation sites (tertiary alicyclic amines) is 1. The van der Waals surface area contributed by atoms with Crippen LogP contribution < -0.4 is 5.32 Å². The molecule has 0 amide bonds. The predicted molar refractivity (Wildman–Crippen MR) is 71.3 cm³/mol. The minimum absolute atomic E-state index is 0.577. The maximum Gasteiger partial charge on any atom is 0.0630 e. The fraction of sp³-hybridized carbons (Fsp3) is 1.00. The molecule has 0 aromatic heterocycles. The van der Waals surface area contributed by atoms with E-state index in [0.29, 0.717) is 6.04 Å². The van der Waals surface area contributed by atoms with Crippen molar-refractivity contribution >= 4 is 0 Å². The zero-order valence-corrected chi connectivity index (χ0v) is 11.5. The Hall–Kier alpha value is -0.120. The zero-order chi connectivity index (χ0) is 12.1. The van der Waals surface area contributed by atoms with Crippen molar-refractivity contribution in [3.8, 4) is 0 Å². The maximum absolute atomic E-state index is 5.41. The molecule has 1 aliphatic carbocycles. The number of nitrogens with one attached hydrogen (secondary N) is 1. The second kappa shape index (κ2) is 6.72. The first-order valence-electron chi connectivity index (χ1n) is 7.32. The Labute approximate surface area is 106 Å². The average Bonchev–Trinajstić information content (AvgIpc) is 2.78. The van der Waals surface area contributed by atoms with Gasteiger partial charge in [0.05, 0.1) is 6.61 Å². The van der Waals surface area contributed by atoms with Crippen LogP contribution in [0.15, 0.2) is 0 Å². The summed E-state index contributed by atoms with van der Waals surface area (Å²) in [5.41, 5.74) is 0. The highest BCUT2D eigenvalue weighted by atomic mass is 16.5. The van der Waals surface area contributed by atoms with Gasteiger partial charge in [0.25, 0.3) is 0 Å². The van der Waals surface area contributed by atoms with Crippen LogP contribution in [0.2, 0.25) is 0 Å². The van der Waals surface area contributed by atoms with Crippen molar-refractivity contribution in [1.29, 1.82) is 0 Å². The molecule has 0 aromatic rings. The number of methoxy groups -OCH3 is 1. The van der Waals surface area contributed by atoms with Gasteiger partial charge < -0.3 is 10.1 Å². The Morgan fingerprint density at radius 1 is 1.29 bits per heavy atom. The molecule has 2 aliphatic rings. The lowest BCUT2D eigenvalue weighted by Crippen LogP contribution is -2.49. The van der Waals surface area contributed by atoms with Gasteiger partial charge in [-0.05, 0) is 38.3 Å². The third-order valence-corrected chi connectivity index (χ3v) is 4.51. The fourth-order valence-electron chi connectivity index (χ4n) is 3.67. The quantitative estimate of drug-likeness (QED) is 0.767. The van der Waals surface area contributed by atoms with E-state index in [2.05, 4.69) is 17.1 Å². The first kappa shape index (κ1) is 13.3. The van der Waals surface area contributed by atoms with E-state index < -0.39 is 0 Å². The fourth-order valence-corrected chi connectivity index (χ4v) is 3.67. The minimum Gasteiger partial charge on any atom is -0.383 e. The molecular weight excluding hydrogens is 212 g/mol. The summed E-state index contributed by atoms with van der Waals surface area (Å²) in [5, 5.41) is 3.48. The van der Waals surface area contributed by atoms with Crippen molar-refractivity contribution in [2.75, 3.05) is 33.4 Å². The third-order valence-electron chi connectivity index (χ3n) is 4.51. The molecule has 3 heteroatoms. The Morgan fingerprint density at radius 2 is 2.12 bits per heavy atom. The molecule has 100 valence electrons. The standard InChI is InChI=1S/C14H28N2O/c1-3-15-10-13(11-17-2)16-9-8-12-6-4-5-7-14(12)16/h12-15H,3-11H2,1-2H3. The highest BCUT2D eigenvalue weighted by Gasteiger charge is 2.38. The van der Waals surface area contributed by atoms with Gasteiger partial charge in [-0.15, -0.1) is 0 Å². The van der Waals surface area contributed by atoms with Gasteiger partial charge in [0.2, 0.25) is 0 Å². The van der Waals surface area contributed by atoms with Crippen LogP contribution in [0.3, 0.4) is 0 Å². The van der Waals surface area contributed by atoms with Crippen LogP contribution in [0, 0.1) is 5.92 Å². The molecule has 0 aromatic carbocycles. The van der Waals surface area contributed by atoms with Gasteiger partial charge in [-0.3, -0.25) is 4.90 Å². The molecule has 3 unspecified atom stereocenters. The molecule has 2 rings (SSSR count). The van der Waals surface area contributed by atoms with Crippen molar-refractivity contribution in [2.45, 2.75) is 51.1 Å². The average molecular weight is 240 g/mol. The molecule has 3 atom stereocenters. The van der Waals surface area contributed by atoms with E-state index in [1.54, 1.807) is 0 Å². The smallest absolute Gasteiger partial charge is 0.0630 e. The Morgan fingerprint density at radius 3 is 2.88 bits per heavy atom. The van der Waals surface area contributed by atoms with Crippen molar-refractivity contribution in [3.05, 3.63) is 0 Å². The second-order valence-corrected chi connectivity index (χ2v) is 5.56. The zero-order valence-electron chi connectivity index (χ0n) is 11.5. The van der Waals surface area contributed by atoms with Crippen molar-refractivity contribution < 1.29 is 4.74 Å². The molecule has 2 fully saturated rings. The van der Waals surface area contributed by atoms with E-state index in [9.17, 15) is 0 Å². The Balaban J connectivity index is 1.92. The van der Waals surface area contributed by atoms with Crippen molar-refractivity contribution in [2.24, 2.45) is 5.92 Å². The van der Waals surface area contributed by atoms with Crippen molar-refractivity contribution in [3.63, 3.8) is 0 Å². The molecule has 3 nitrogen and oxygen atoms in total. The number of ether oxygens (including phenoxy) is 1. The largest absolute Gasteiger partial charge is 0.383 e. The number of hydrogen-bond acceptors (Lipinski definition) is 3. The van der Waals surface area contributed by atoms with Crippen LogP contribution in [0.25, 0.3) is 0 Å². The van der Waals surface area contributed by atoms with Crippen molar-refractivity contribution in [1.82, 2.24) is 10.2 Å². The number of fused-ring (bicyclic) bond motifs is 1. The molecule has 0 bridgehead atoms. The summed E-state index contributed by atoms with van der Waals surface area (Å²) < 4.78 is 5.41. The first-order valence-corrected chi connectivity index (χ1v) is 7.32. The Bertz CT molecular complexity index is 222. The first-order chi connectivity index (χ1) is 8.36. The number of hydrogen-bond donors (Lipinski definition) is 1. The van der Waals surface area contributed by atoms with Crippen LogP contribution in [-0.4, -0.2) is 50.3 Å². The monoisotopic (exact) mass is 240 g/mol. The van der Waals surface area contributed by atoms with E-state index in [-0.39, 0.29) is 0 Å². The SMILES string of the molecule is CCNCC(COC)N1CCC2CCCCC21. The van der Waals surface area contributed by atoms with E-state index in [1.165, 1.54) is 38.6 Å². The lowest BCUT2D eigenvalue weighted by atomic mass is 9.85. The van der Waals surface area contributed by atoms with E-state index in [1.807, 2.05) is 7.11 Å². The van der Waals surface area contributed by atoms with Crippen LogP contribution in [0.1, 0.15) is 39.0 Å². The van der Waals surface area contributed by atoms with Gasteiger partial charge >= 0.3 is 0 Å². The molecule has 1 saturated carbocycles. The van der Waals surface area contributed by atoms with E-state index in [4.69, 9.17) is 4.74 Å². The summed E-state index contributed by atoms with van der Waals surface area (Å²) in [6.07, 6.45) is 7.17. The van der Waals surface area contributed by atoms with Gasteiger partial charge in [0, 0.05) is 25.7 Å². The molecule has 1 saturated heterocycles. The molecule has 1 heterocycles. The Kier molecular flexibility index (Phi) is 5.26. The highest BCUT2D eigenvalue weighted by Crippen LogP contribution is 2.37.